The molecule has 0 aliphatic carbocycles. The van der Waals surface area contributed by atoms with Crippen LogP contribution in [0.5, 0.6) is 0 Å². The molecule has 1 aliphatic rings. The van der Waals surface area contributed by atoms with E-state index in [0.717, 1.165) is 0 Å². The van der Waals surface area contributed by atoms with Gasteiger partial charge in [0.15, 0.2) is 0 Å². The second kappa shape index (κ2) is 8.97. The van der Waals surface area contributed by atoms with Crippen LogP contribution in [-0.4, -0.2) is 26.8 Å². The minimum atomic E-state index is -4.13. The predicted molar refractivity (Wildman–Crippen MR) is 102 cm³/mol. The van der Waals surface area contributed by atoms with Crippen molar-refractivity contribution in [2.24, 2.45) is 9.68 Å². The van der Waals surface area contributed by atoms with E-state index < -0.39 is 36.0 Å². The molecule has 24 heavy (non-hydrogen) atoms. The van der Waals surface area contributed by atoms with Crippen molar-refractivity contribution in [1.82, 2.24) is 5.43 Å². The van der Waals surface area contributed by atoms with Gasteiger partial charge >= 0.3 is 0 Å². The van der Waals surface area contributed by atoms with Gasteiger partial charge in [-0.3, -0.25) is 4.79 Å². The fourth-order valence-corrected chi connectivity index (χ4v) is 5.11. The molecule has 1 unspecified atom stereocenters. The molecule has 0 saturated carbocycles. The summed E-state index contributed by atoms with van der Waals surface area (Å²) >= 11 is -0.960. The summed E-state index contributed by atoms with van der Waals surface area (Å²) in [7, 11) is -4.13. The summed E-state index contributed by atoms with van der Waals surface area (Å²) in [6.45, 7) is 10.4. The first kappa shape index (κ1) is 20.4. The average Bonchev–Trinajstić information content (AvgIpc) is 2.56. The van der Waals surface area contributed by atoms with Crippen molar-refractivity contribution in [2.75, 3.05) is 0 Å². The summed E-state index contributed by atoms with van der Waals surface area (Å²) in [6.07, 6.45) is 2.87. The van der Waals surface area contributed by atoms with Gasteiger partial charge in [0.2, 0.25) is 0 Å². The van der Waals surface area contributed by atoms with E-state index in [1.807, 2.05) is 0 Å². The van der Waals surface area contributed by atoms with E-state index in [1.54, 1.807) is 13.8 Å². The number of rotatable bonds is 9. The Morgan fingerprint density at radius 2 is 2.17 bits per heavy atom. The molecule has 1 rings (SSSR count). The Balaban J connectivity index is 3.35. The van der Waals surface area contributed by atoms with Crippen molar-refractivity contribution < 1.29 is 17.9 Å². The molecule has 0 radical (unpaired) electrons. The normalized spacial score (nSPS) is 17.2. The lowest BCUT2D eigenvalue weighted by atomic mass is 10.1. The lowest BCUT2D eigenvalue weighted by Crippen LogP contribution is -2.30. The monoisotopic (exact) mass is 467 g/mol. The average molecular weight is 467 g/mol. The summed E-state index contributed by atoms with van der Waals surface area (Å²) in [5.41, 5.74) is 2.89. The van der Waals surface area contributed by atoms with Crippen LogP contribution in [0.15, 0.2) is 46.5 Å². The number of halogens is 1. The van der Waals surface area contributed by atoms with Gasteiger partial charge in [-0.25, -0.2) is 13.8 Å². The Labute approximate surface area is 150 Å². The van der Waals surface area contributed by atoms with Gasteiger partial charge in [-0.05, 0) is 40.5 Å². The second-order valence-corrected chi connectivity index (χ2v) is 9.20. The highest BCUT2D eigenvalue weighted by atomic mass is 127. The van der Waals surface area contributed by atoms with Crippen LogP contribution in [0.4, 0.5) is 0 Å². The summed E-state index contributed by atoms with van der Waals surface area (Å²) < 4.78 is 32.2. The maximum atomic E-state index is 11.8. The summed E-state index contributed by atoms with van der Waals surface area (Å²) in [5, 5.41) is 3.03. The van der Waals surface area contributed by atoms with E-state index in [9.17, 15) is 18.1 Å². The third kappa shape index (κ3) is 4.90. The predicted octanol–water partition coefficient (Wildman–Crippen LogP) is 2.46. The molecule has 0 saturated heterocycles. The maximum absolute atomic E-state index is 11.8. The number of ether oxygens (including phenoxy) is 1. The van der Waals surface area contributed by atoms with Gasteiger partial charge in [0, 0.05) is 5.57 Å². The number of sulfonamides is 1. The molecule has 8 nitrogen and oxygen atoms in total. The smallest absolute Gasteiger partial charge is 0.291 e. The number of hydrazone groups is 1. The zero-order chi connectivity index (χ0) is 18.3. The molecule has 1 aliphatic heterocycles. The highest BCUT2D eigenvalue weighted by Crippen LogP contribution is 2.28. The summed E-state index contributed by atoms with van der Waals surface area (Å²) in [4.78, 5) is 22.3. The molecule has 0 bridgehead atoms. The fraction of sp³-hybridized carbons (Fsp3) is 0.357. The van der Waals surface area contributed by atoms with E-state index >= 15 is 0 Å². The summed E-state index contributed by atoms with van der Waals surface area (Å²) in [5.74, 6) is 0.0833. The van der Waals surface area contributed by atoms with Crippen molar-refractivity contribution >= 4 is 43.9 Å². The van der Waals surface area contributed by atoms with Crippen LogP contribution in [0, 0.1) is 4.91 Å². The van der Waals surface area contributed by atoms with Crippen molar-refractivity contribution in [2.45, 2.75) is 31.9 Å². The van der Waals surface area contributed by atoms with Crippen molar-refractivity contribution in [3.63, 3.8) is 0 Å². The number of nitrogens with one attached hydrogen (secondary N) is 1. The number of amides is 1. The third-order valence-electron chi connectivity index (χ3n) is 3.19. The van der Waals surface area contributed by atoms with Gasteiger partial charge in [-0.2, -0.15) is 5.10 Å². The molecule has 132 valence electrons. The van der Waals surface area contributed by atoms with Crippen molar-refractivity contribution in [1.29, 1.82) is 0 Å². The quantitative estimate of drug-likeness (QED) is 0.318. The van der Waals surface area contributed by atoms with Crippen LogP contribution in [-0.2, 0) is 19.6 Å². The SMILES string of the molecule is C=CO/C(C)=C(/CC(CC)S(=O)(=O)N=O)C1=NNC(=O)C(C=C)=I1. The van der Waals surface area contributed by atoms with E-state index in [4.69, 9.17) is 4.74 Å². The number of allylic oxidation sites excluding steroid dienone is 2. The highest BCUT2D eigenvalue weighted by molar-refractivity contribution is 14.2. The molecule has 0 spiro atoms. The standard InChI is InChI=1S/C14H18IN3O5S/c1-5-10(24(21,22)18-20)8-11(9(4)23-7-3)13-15-12(6-2)14(19)17-16-13/h6-7,10H,2-3,5,8H2,1,4H3,(H,17,19)/b11-9-. The minimum absolute atomic E-state index is 0.00307. The topological polar surface area (TPSA) is 114 Å². The van der Waals surface area contributed by atoms with Crippen molar-refractivity contribution in [3.05, 3.63) is 41.7 Å². The van der Waals surface area contributed by atoms with Gasteiger partial charge in [0.1, 0.15) is 9.48 Å². The number of hydrogen-bond acceptors (Lipinski definition) is 6. The van der Waals surface area contributed by atoms with Crippen LogP contribution in [0.25, 0.3) is 0 Å². The molecule has 10 heteroatoms. The van der Waals surface area contributed by atoms with Crippen LogP contribution >= 0.6 is 20.7 Å². The zero-order valence-corrected chi connectivity index (χ0v) is 16.3. The lowest BCUT2D eigenvalue weighted by molar-refractivity contribution is -0.114. The minimum Gasteiger partial charge on any atom is -0.470 e. The molecular formula is C14H18IN3O5S. The first-order valence-electron chi connectivity index (χ1n) is 6.89. The molecule has 1 atom stereocenters. The number of carbonyl (C=O) groups excluding carboxylic acids is 1. The third-order valence-corrected chi connectivity index (χ3v) is 7.65. The molecule has 0 fully saturated rings. The van der Waals surface area contributed by atoms with E-state index in [0.29, 0.717) is 18.6 Å². The van der Waals surface area contributed by atoms with E-state index in [1.165, 1.54) is 12.3 Å². The molecule has 1 N–H and O–H groups in total. The molecule has 0 aromatic heterocycles. The molecule has 1 heterocycles. The number of carbonyl (C=O) groups is 1. The van der Waals surface area contributed by atoms with Gasteiger partial charge in [0.25, 0.3) is 15.9 Å². The van der Waals surface area contributed by atoms with Gasteiger partial charge < -0.3 is 4.74 Å². The fourth-order valence-electron chi connectivity index (χ4n) is 1.89. The number of hydrogen-bond donors (Lipinski definition) is 1. The van der Waals surface area contributed by atoms with Crippen molar-refractivity contribution in [3.8, 4) is 0 Å². The maximum Gasteiger partial charge on any atom is 0.291 e. The lowest BCUT2D eigenvalue weighted by Gasteiger charge is -2.18. The van der Waals surface area contributed by atoms with Gasteiger partial charge in [0.05, 0.1) is 19.6 Å². The summed E-state index contributed by atoms with van der Waals surface area (Å²) in [6, 6.07) is 0. The molecular weight excluding hydrogens is 449 g/mol. The van der Waals surface area contributed by atoms with Gasteiger partial charge in [-0.15, -0.1) is 4.91 Å². The first-order chi connectivity index (χ1) is 11.3. The Morgan fingerprint density at radius 1 is 1.50 bits per heavy atom. The zero-order valence-electron chi connectivity index (χ0n) is 13.3. The van der Waals surface area contributed by atoms with Crippen LogP contribution in [0.1, 0.15) is 26.7 Å². The Kier molecular flexibility index (Phi) is 7.60. The highest BCUT2D eigenvalue weighted by Gasteiger charge is 2.29. The Morgan fingerprint density at radius 3 is 2.67 bits per heavy atom. The Bertz CT molecular complexity index is 752. The van der Waals surface area contributed by atoms with Crippen LogP contribution in [0.2, 0.25) is 0 Å². The molecule has 0 aromatic rings. The van der Waals surface area contributed by atoms with Crippen LogP contribution < -0.4 is 5.43 Å². The van der Waals surface area contributed by atoms with E-state index in [-0.39, 0.29) is 18.7 Å². The van der Waals surface area contributed by atoms with Gasteiger partial charge in [-0.1, -0.05) is 26.2 Å². The largest absolute Gasteiger partial charge is 0.470 e. The number of nitrogens with zero attached hydrogens (tertiary/aromatic N) is 2. The van der Waals surface area contributed by atoms with E-state index in [2.05, 4.69) is 28.3 Å². The second-order valence-electron chi connectivity index (χ2n) is 4.63. The van der Waals surface area contributed by atoms with Crippen LogP contribution in [0.3, 0.4) is 0 Å². The molecule has 1 amide bonds. The first-order valence-corrected chi connectivity index (χ1v) is 10.5. The Hall–Kier alpha value is -1.69. The number of nitroso groups, excluding NO2 is 1. The molecule has 0 aromatic carbocycles.